The van der Waals surface area contributed by atoms with Gasteiger partial charge in [0.15, 0.2) is 5.82 Å². The quantitative estimate of drug-likeness (QED) is 0.872. The summed E-state index contributed by atoms with van der Waals surface area (Å²) >= 11 is 0. The zero-order valence-electron chi connectivity index (χ0n) is 15.7. The molecule has 3 rings (SSSR count). The Kier molecular flexibility index (Phi) is 5.81. The zero-order valence-corrected chi connectivity index (χ0v) is 15.7. The van der Waals surface area contributed by atoms with Crippen LogP contribution in [0.3, 0.4) is 0 Å². The van der Waals surface area contributed by atoms with Crippen molar-refractivity contribution < 1.29 is 18.4 Å². The van der Waals surface area contributed by atoms with Crippen LogP contribution in [0.1, 0.15) is 19.8 Å². The topological polar surface area (TPSA) is 78.4 Å². The summed E-state index contributed by atoms with van der Waals surface area (Å²) in [6.07, 6.45) is 3.82. The third-order valence-corrected chi connectivity index (χ3v) is 4.73. The van der Waals surface area contributed by atoms with Crippen molar-refractivity contribution in [3.8, 4) is 11.3 Å². The van der Waals surface area contributed by atoms with Crippen LogP contribution in [0.5, 0.6) is 0 Å². The van der Waals surface area contributed by atoms with Crippen molar-refractivity contribution in [3.63, 3.8) is 0 Å². The predicted molar refractivity (Wildman–Crippen MR) is 99.4 cm³/mol. The molecule has 1 aromatic carbocycles. The SMILES string of the molecule is CCC(=O)N1CCC(N(C)C(=O)Nc2cnc(-c3cc(F)cc(F)c3)cn2)C1. The van der Waals surface area contributed by atoms with E-state index < -0.39 is 11.6 Å². The predicted octanol–water partition coefficient (Wildman–Crippen LogP) is 2.90. The highest BCUT2D eigenvalue weighted by Gasteiger charge is 2.30. The van der Waals surface area contributed by atoms with Crippen LogP contribution in [-0.4, -0.2) is 57.9 Å². The molecule has 28 heavy (non-hydrogen) atoms. The number of nitrogens with one attached hydrogen (secondary N) is 1. The highest BCUT2D eigenvalue weighted by Crippen LogP contribution is 2.20. The van der Waals surface area contributed by atoms with Crippen LogP contribution in [0.25, 0.3) is 11.3 Å². The molecule has 9 heteroatoms. The largest absolute Gasteiger partial charge is 0.341 e. The molecule has 1 fully saturated rings. The van der Waals surface area contributed by atoms with Gasteiger partial charge in [-0.15, -0.1) is 0 Å². The number of urea groups is 1. The number of rotatable bonds is 4. The Labute approximate surface area is 161 Å². The summed E-state index contributed by atoms with van der Waals surface area (Å²) < 4.78 is 26.7. The average molecular weight is 389 g/mol. The van der Waals surface area contributed by atoms with E-state index in [1.807, 2.05) is 6.92 Å². The minimum absolute atomic E-state index is 0.0713. The number of likely N-dealkylation sites (N-methyl/N-ethyl adjacent to an activating group) is 1. The average Bonchev–Trinajstić information content (AvgIpc) is 3.16. The van der Waals surface area contributed by atoms with Crippen LogP contribution >= 0.6 is 0 Å². The molecule has 1 N–H and O–H groups in total. The molecule has 148 valence electrons. The van der Waals surface area contributed by atoms with Crippen molar-refractivity contribution in [1.29, 1.82) is 0 Å². The maximum atomic E-state index is 13.3. The maximum Gasteiger partial charge on any atom is 0.323 e. The minimum Gasteiger partial charge on any atom is -0.341 e. The number of carbonyl (C=O) groups is 2. The molecule has 1 saturated heterocycles. The lowest BCUT2D eigenvalue weighted by atomic mass is 10.1. The van der Waals surface area contributed by atoms with E-state index in [0.717, 1.165) is 18.2 Å². The van der Waals surface area contributed by atoms with Crippen molar-refractivity contribution in [1.82, 2.24) is 19.8 Å². The van der Waals surface area contributed by atoms with E-state index in [9.17, 15) is 18.4 Å². The van der Waals surface area contributed by atoms with Crippen molar-refractivity contribution in [3.05, 3.63) is 42.2 Å². The normalized spacial score (nSPS) is 16.1. The Morgan fingerprint density at radius 2 is 1.93 bits per heavy atom. The van der Waals surface area contributed by atoms with Gasteiger partial charge < -0.3 is 9.80 Å². The fourth-order valence-corrected chi connectivity index (χ4v) is 3.12. The van der Waals surface area contributed by atoms with Crippen LogP contribution in [0.15, 0.2) is 30.6 Å². The summed E-state index contributed by atoms with van der Waals surface area (Å²) in [4.78, 5) is 35.7. The number of hydrogen-bond donors (Lipinski definition) is 1. The fourth-order valence-electron chi connectivity index (χ4n) is 3.12. The van der Waals surface area contributed by atoms with Gasteiger partial charge >= 0.3 is 6.03 Å². The summed E-state index contributed by atoms with van der Waals surface area (Å²) in [5.74, 6) is -1.12. The fraction of sp³-hybridized carbons (Fsp3) is 0.368. The second kappa shape index (κ2) is 8.28. The number of carbonyl (C=O) groups excluding carboxylic acids is 2. The molecular formula is C19H21F2N5O2. The van der Waals surface area contributed by atoms with Gasteiger partial charge in [0, 0.05) is 38.2 Å². The van der Waals surface area contributed by atoms with Gasteiger partial charge in [0.05, 0.1) is 24.1 Å². The molecule has 7 nitrogen and oxygen atoms in total. The molecule has 0 aliphatic carbocycles. The monoisotopic (exact) mass is 389 g/mol. The second-order valence-corrected chi connectivity index (χ2v) is 6.62. The van der Waals surface area contributed by atoms with Crippen molar-refractivity contribution in [2.75, 3.05) is 25.5 Å². The van der Waals surface area contributed by atoms with Crippen molar-refractivity contribution in [2.45, 2.75) is 25.8 Å². The first-order valence-corrected chi connectivity index (χ1v) is 8.97. The molecule has 2 aromatic rings. The number of nitrogens with zero attached hydrogens (tertiary/aromatic N) is 4. The van der Waals surface area contributed by atoms with E-state index in [-0.39, 0.29) is 35.1 Å². The highest BCUT2D eigenvalue weighted by molar-refractivity contribution is 5.88. The lowest BCUT2D eigenvalue weighted by Gasteiger charge is -2.24. The summed E-state index contributed by atoms with van der Waals surface area (Å²) in [5, 5.41) is 2.64. The van der Waals surface area contributed by atoms with Crippen LogP contribution in [0.2, 0.25) is 0 Å². The molecule has 2 heterocycles. The summed E-state index contributed by atoms with van der Waals surface area (Å²) in [7, 11) is 1.66. The van der Waals surface area contributed by atoms with E-state index in [1.165, 1.54) is 12.4 Å². The number of amides is 3. The van der Waals surface area contributed by atoms with Crippen molar-refractivity contribution in [2.24, 2.45) is 0 Å². The summed E-state index contributed by atoms with van der Waals surface area (Å²) in [6.45, 7) is 2.95. The number of benzene rings is 1. The smallest absolute Gasteiger partial charge is 0.323 e. The number of hydrogen-bond acceptors (Lipinski definition) is 4. The van der Waals surface area contributed by atoms with Gasteiger partial charge in [0.1, 0.15) is 11.6 Å². The lowest BCUT2D eigenvalue weighted by Crippen LogP contribution is -2.42. The Morgan fingerprint density at radius 1 is 1.21 bits per heavy atom. The van der Waals surface area contributed by atoms with Gasteiger partial charge in [-0.1, -0.05) is 6.92 Å². The Hall–Kier alpha value is -3.10. The molecule has 1 aliphatic rings. The first-order chi connectivity index (χ1) is 13.4. The number of anilines is 1. The lowest BCUT2D eigenvalue weighted by molar-refractivity contribution is -0.129. The molecule has 0 saturated carbocycles. The van der Waals surface area contributed by atoms with E-state index >= 15 is 0 Å². The molecule has 1 aromatic heterocycles. The van der Waals surface area contributed by atoms with Gasteiger partial charge in [0.25, 0.3) is 0 Å². The minimum atomic E-state index is -0.706. The molecule has 1 atom stereocenters. The van der Waals surface area contributed by atoms with Crippen molar-refractivity contribution >= 4 is 17.8 Å². The third kappa shape index (κ3) is 4.41. The second-order valence-electron chi connectivity index (χ2n) is 6.62. The number of aromatic nitrogens is 2. The Bertz CT molecular complexity index is 855. The first-order valence-electron chi connectivity index (χ1n) is 8.97. The summed E-state index contributed by atoms with van der Waals surface area (Å²) in [6, 6.07) is 2.65. The first kappa shape index (κ1) is 19.7. The van der Waals surface area contributed by atoms with Gasteiger partial charge in [0.2, 0.25) is 5.91 Å². The third-order valence-electron chi connectivity index (χ3n) is 4.73. The standard InChI is InChI=1S/C19H21F2N5O2/c1-3-18(27)26-5-4-15(11-26)25(2)19(28)24-17-10-22-16(9-23-17)12-6-13(20)8-14(21)7-12/h6-10,15H,3-5,11H2,1-2H3,(H,23,24,28). The van der Waals surface area contributed by atoms with Gasteiger partial charge in [-0.05, 0) is 18.6 Å². The highest BCUT2D eigenvalue weighted by atomic mass is 19.1. The molecule has 0 bridgehead atoms. The van der Waals surface area contributed by atoms with Crippen LogP contribution in [0.4, 0.5) is 19.4 Å². The van der Waals surface area contributed by atoms with Gasteiger partial charge in [-0.2, -0.15) is 0 Å². The Morgan fingerprint density at radius 3 is 2.54 bits per heavy atom. The van der Waals surface area contributed by atoms with E-state index in [4.69, 9.17) is 0 Å². The van der Waals surface area contributed by atoms with Gasteiger partial charge in [-0.25, -0.2) is 18.6 Å². The molecule has 3 amide bonds. The van der Waals surface area contributed by atoms with E-state index in [0.29, 0.717) is 25.9 Å². The van der Waals surface area contributed by atoms with Crippen LogP contribution in [-0.2, 0) is 4.79 Å². The number of halogens is 2. The Balaban J connectivity index is 1.62. The maximum absolute atomic E-state index is 13.3. The zero-order chi connectivity index (χ0) is 20.3. The number of likely N-dealkylation sites (tertiary alicyclic amines) is 1. The molecule has 0 spiro atoms. The molecule has 1 unspecified atom stereocenters. The van der Waals surface area contributed by atoms with E-state index in [1.54, 1.807) is 16.8 Å². The summed E-state index contributed by atoms with van der Waals surface area (Å²) in [5.41, 5.74) is 0.542. The molecule has 0 radical (unpaired) electrons. The van der Waals surface area contributed by atoms with Crippen LogP contribution < -0.4 is 5.32 Å². The molecular weight excluding hydrogens is 368 g/mol. The van der Waals surface area contributed by atoms with Gasteiger partial charge in [-0.3, -0.25) is 15.1 Å². The molecule has 1 aliphatic heterocycles. The van der Waals surface area contributed by atoms with E-state index in [2.05, 4.69) is 15.3 Å². The van der Waals surface area contributed by atoms with Crippen LogP contribution in [0, 0.1) is 11.6 Å².